The molecule has 0 radical (unpaired) electrons. The second kappa shape index (κ2) is 8.69. The van der Waals surface area contributed by atoms with Crippen LogP contribution in [-0.4, -0.2) is 41.5 Å². The molecular formula is C21H24N3O3S2+. The van der Waals surface area contributed by atoms with E-state index in [2.05, 4.69) is 7.05 Å². The van der Waals surface area contributed by atoms with E-state index < -0.39 is 0 Å². The van der Waals surface area contributed by atoms with Crippen LogP contribution in [-0.2, 0) is 29.0 Å². The number of rotatable bonds is 6. The number of nitrogens with zero attached hydrogens (tertiary/aromatic N) is 2. The Kier molecular flexibility index (Phi) is 6.03. The summed E-state index contributed by atoms with van der Waals surface area (Å²) in [6, 6.07) is 9.87. The van der Waals surface area contributed by atoms with Crippen LogP contribution in [0.25, 0.3) is 10.2 Å². The van der Waals surface area contributed by atoms with Crippen molar-refractivity contribution in [1.82, 2.24) is 9.55 Å². The smallest absolute Gasteiger partial charge is 0.316 e. The molecule has 0 bridgehead atoms. The van der Waals surface area contributed by atoms with E-state index in [0.29, 0.717) is 18.3 Å². The van der Waals surface area contributed by atoms with Crippen LogP contribution in [0.2, 0.25) is 0 Å². The van der Waals surface area contributed by atoms with Crippen LogP contribution in [0.4, 0.5) is 0 Å². The summed E-state index contributed by atoms with van der Waals surface area (Å²) in [6.07, 6.45) is 0.902. The molecule has 1 N–H and O–H groups in total. The number of benzene rings is 1. The standard InChI is InChI=1S/C21H23N3O3S2/c1-3-27-17(25)13-28-21-22-19-18(15-9-10-23(2)12-16(15)29-19)20(26)24(21)11-14-7-5-4-6-8-14/h4-8H,3,9-13H2,1-2H3/p+1. The molecule has 4 rings (SSSR count). The van der Waals surface area contributed by atoms with Crippen molar-refractivity contribution in [2.45, 2.75) is 31.6 Å². The van der Waals surface area contributed by atoms with Gasteiger partial charge in [-0.2, -0.15) is 0 Å². The maximum atomic E-state index is 13.5. The summed E-state index contributed by atoms with van der Waals surface area (Å²) in [7, 11) is 2.18. The van der Waals surface area contributed by atoms with Crippen molar-refractivity contribution in [2.75, 3.05) is 26.0 Å². The van der Waals surface area contributed by atoms with Gasteiger partial charge < -0.3 is 9.64 Å². The number of thiophene rings is 1. The van der Waals surface area contributed by atoms with E-state index in [0.717, 1.165) is 40.9 Å². The lowest BCUT2D eigenvalue weighted by Crippen LogP contribution is -3.08. The largest absolute Gasteiger partial charge is 0.465 e. The lowest BCUT2D eigenvalue weighted by atomic mass is 10.1. The van der Waals surface area contributed by atoms with E-state index in [9.17, 15) is 9.59 Å². The molecule has 0 saturated carbocycles. The molecule has 3 aromatic rings. The number of hydrogen-bond acceptors (Lipinski definition) is 6. The summed E-state index contributed by atoms with van der Waals surface area (Å²) < 4.78 is 6.75. The summed E-state index contributed by atoms with van der Waals surface area (Å²) in [5.74, 6) is -0.160. The zero-order valence-electron chi connectivity index (χ0n) is 16.6. The van der Waals surface area contributed by atoms with Crippen LogP contribution in [0.15, 0.2) is 40.3 Å². The van der Waals surface area contributed by atoms with E-state index in [-0.39, 0.29) is 17.3 Å². The Morgan fingerprint density at radius 2 is 2.14 bits per heavy atom. The van der Waals surface area contributed by atoms with Gasteiger partial charge in [-0.1, -0.05) is 42.1 Å². The van der Waals surface area contributed by atoms with Crippen LogP contribution >= 0.6 is 23.1 Å². The first-order chi connectivity index (χ1) is 14.1. The van der Waals surface area contributed by atoms with Crippen molar-refractivity contribution in [2.24, 2.45) is 0 Å². The molecule has 0 spiro atoms. The first-order valence-corrected chi connectivity index (χ1v) is 11.6. The number of aromatic nitrogens is 2. The third kappa shape index (κ3) is 4.24. The van der Waals surface area contributed by atoms with Gasteiger partial charge in [0.05, 0.1) is 42.8 Å². The molecule has 1 aliphatic rings. The molecule has 0 fully saturated rings. The van der Waals surface area contributed by atoms with Crippen LogP contribution in [0.1, 0.15) is 22.9 Å². The van der Waals surface area contributed by atoms with E-state index in [1.807, 2.05) is 30.3 Å². The van der Waals surface area contributed by atoms with Gasteiger partial charge in [-0.05, 0) is 18.1 Å². The number of likely N-dealkylation sites (N-methyl/N-ethyl adjacent to an activating group) is 1. The Bertz CT molecular complexity index is 1090. The Balaban J connectivity index is 1.79. The second-order valence-electron chi connectivity index (χ2n) is 7.18. The fraction of sp³-hybridized carbons (Fsp3) is 0.381. The number of fused-ring (bicyclic) bond motifs is 3. The predicted molar refractivity (Wildman–Crippen MR) is 116 cm³/mol. The van der Waals surface area contributed by atoms with Gasteiger partial charge in [0.25, 0.3) is 5.56 Å². The molecule has 3 heterocycles. The van der Waals surface area contributed by atoms with Crippen molar-refractivity contribution in [3.05, 3.63) is 56.7 Å². The Hall–Kier alpha value is -2.16. The summed E-state index contributed by atoms with van der Waals surface area (Å²) in [5, 5.41) is 1.33. The van der Waals surface area contributed by atoms with Crippen LogP contribution in [0.3, 0.4) is 0 Å². The number of carbonyl (C=O) groups excluding carboxylic acids is 1. The van der Waals surface area contributed by atoms with Gasteiger partial charge in [-0.25, -0.2) is 4.98 Å². The normalized spacial score (nSPS) is 16.0. The molecule has 6 nitrogen and oxygen atoms in total. The molecular weight excluding hydrogens is 406 g/mol. The second-order valence-corrected chi connectivity index (χ2v) is 9.21. The Morgan fingerprint density at radius 1 is 1.34 bits per heavy atom. The predicted octanol–water partition coefficient (Wildman–Crippen LogP) is 1.73. The molecule has 8 heteroatoms. The van der Waals surface area contributed by atoms with Crippen LogP contribution in [0.5, 0.6) is 0 Å². The van der Waals surface area contributed by atoms with Gasteiger partial charge >= 0.3 is 5.97 Å². The van der Waals surface area contributed by atoms with Crippen molar-refractivity contribution >= 4 is 39.3 Å². The molecule has 1 unspecified atom stereocenters. The lowest BCUT2D eigenvalue weighted by molar-refractivity contribution is -0.895. The minimum absolute atomic E-state index is 0.0118. The van der Waals surface area contributed by atoms with Gasteiger partial charge in [0.2, 0.25) is 0 Å². The van der Waals surface area contributed by atoms with Crippen molar-refractivity contribution in [3.63, 3.8) is 0 Å². The first kappa shape index (κ1) is 20.1. The average Bonchev–Trinajstić information content (AvgIpc) is 3.07. The topological polar surface area (TPSA) is 65.6 Å². The maximum Gasteiger partial charge on any atom is 0.316 e. The Morgan fingerprint density at radius 3 is 2.90 bits per heavy atom. The molecule has 0 amide bonds. The van der Waals surface area contributed by atoms with Crippen molar-refractivity contribution in [3.8, 4) is 0 Å². The number of carbonyl (C=O) groups is 1. The zero-order valence-corrected chi connectivity index (χ0v) is 18.2. The number of thioether (sulfide) groups is 1. The number of nitrogens with one attached hydrogen (secondary N) is 1. The number of esters is 1. The lowest BCUT2D eigenvalue weighted by Gasteiger charge is -2.19. The van der Waals surface area contributed by atoms with Gasteiger partial charge in [-0.15, -0.1) is 11.3 Å². The summed E-state index contributed by atoms with van der Waals surface area (Å²) >= 11 is 2.89. The van der Waals surface area contributed by atoms with E-state index in [1.165, 1.54) is 21.5 Å². The fourth-order valence-electron chi connectivity index (χ4n) is 3.62. The van der Waals surface area contributed by atoms with E-state index in [4.69, 9.17) is 9.72 Å². The summed E-state index contributed by atoms with van der Waals surface area (Å²) in [5.41, 5.74) is 2.18. The number of hydrogen-bond donors (Lipinski definition) is 1. The van der Waals surface area contributed by atoms with Crippen LogP contribution in [0, 0.1) is 0 Å². The molecule has 1 atom stereocenters. The highest BCUT2D eigenvalue weighted by atomic mass is 32.2. The van der Waals surface area contributed by atoms with Crippen molar-refractivity contribution in [1.29, 1.82) is 0 Å². The minimum Gasteiger partial charge on any atom is -0.465 e. The highest BCUT2D eigenvalue weighted by Gasteiger charge is 2.26. The third-order valence-corrected chi connectivity index (χ3v) is 7.11. The molecule has 2 aromatic heterocycles. The SMILES string of the molecule is CCOC(=O)CSc1nc2sc3c(c2c(=O)n1Cc1ccccc1)CC[NH+](C)C3. The van der Waals surface area contributed by atoms with Gasteiger partial charge in [0, 0.05) is 6.42 Å². The summed E-state index contributed by atoms with van der Waals surface area (Å²) in [6.45, 7) is 4.52. The van der Waals surface area contributed by atoms with E-state index in [1.54, 1.807) is 22.8 Å². The average molecular weight is 431 g/mol. The molecule has 1 aromatic carbocycles. The Labute approximate surface area is 177 Å². The van der Waals surface area contributed by atoms with E-state index >= 15 is 0 Å². The molecule has 152 valence electrons. The van der Waals surface area contributed by atoms with Gasteiger partial charge in [-0.3, -0.25) is 14.2 Å². The van der Waals surface area contributed by atoms with Crippen molar-refractivity contribution < 1.29 is 14.4 Å². The van der Waals surface area contributed by atoms with Crippen LogP contribution < -0.4 is 10.5 Å². The fourth-order valence-corrected chi connectivity index (χ4v) is 5.79. The summed E-state index contributed by atoms with van der Waals surface area (Å²) in [4.78, 5) is 33.7. The number of ether oxygens (including phenoxy) is 1. The quantitative estimate of drug-likeness (QED) is 0.367. The van der Waals surface area contributed by atoms with Gasteiger partial charge in [0.15, 0.2) is 5.16 Å². The highest BCUT2D eigenvalue weighted by Crippen LogP contribution is 2.31. The molecule has 0 saturated heterocycles. The first-order valence-electron chi connectivity index (χ1n) is 9.75. The van der Waals surface area contributed by atoms with Gasteiger partial charge in [0.1, 0.15) is 11.4 Å². The maximum absolute atomic E-state index is 13.5. The zero-order chi connectivity index (χ0) is 20.4. The minimum atomic E-state index is -0.297. The highest BCUT2D eigenvalue weighted by molar-refractivity contribution is 7.99. The number of quaternary nitrogens is 1. The third-order valence-electron chi connectivity index (χ3n) is 5.03. The molecule has 1 aliphatic heterocycles. The molecule has 29 heavy (non-hydrogen) atoms. The molecule has 0 aliphatic carbocycles. The monoisotopic (exact) mass is 430 g/mol.